The monoisotopic (exact) mass is 453 g/mol. The van der Waals surface area contributed by atoms with Crippen molar-refractivity contribution in [1.29, 1.82) is 0 Å². The summed E-state index contributed by atoms with van der Waals surface area (Å²) in [6.45, 7) is 1.28. The molecule has 1 saturated heterocycles. The molecule has 0 spiro atoms. The number of rotatable bonds is 9. The summed E-state index contributed by atoms with van der Waals surface area (Å²) in [5.41, 5.74) is 7.05. The van der Waals surface area contributed by atoms with Crippen LogP contribution in [-0.4, -0.2) is 53.4 Å². The number of methoxy groups -OCH3 is 1. The van der Waals surface area contributed by atoms with Gasteiger partial charge in [0.1, 0.15) is 5.75 Å². The molecule has 1 saturated carbocycles. The lowest BCUT2D eigenvalue weighted by Crippen LogP contribution is -2.36. The summed E-state index contributed by atoms with van der Waals surface area (Å²) in [5.74, 6) is 6.01. The molecule has 4 rings (SSSR count). The van der Waals surface area contributed by atoms with E-state index in [1.54, 1.807) is 24.4 Å². The number of anilines is 3. The van der Waals surface area contributed by atoms with Gasteiger partial charge in [-0.05, 0) is 31.4 Å². The van der Waals surface area contributed by atoms with Crippen molar-refractivity contribution in [1.82, 2.24) is 15.2 Å². The standard InChI is InChI=1S/C22H27N7O4/c1-32-20-13(7-9-29(24)15-8-10-33-12-15)3-2-4-16(20)25-17-11-18(26-22(31)14-5-6-14)27-28-19(17)21(23)30/h2-4,7,9,11,14-15H,5-6,8,10,12,24H2,1H3,(H2,23,30)(H2,25,26,27,31)/b9-7+/t15-/m1/s1. The van der Waals surface area contributed by atoms with E-state index in [4.69, 9.17) is 21.1 Å². The normalized spacial score (nSPS) is 17.7. The van der Waals surface area contributed by atoms with E-state index in [0.717, 1.165) is 24.8 Å². The molecule has 2 fully saturated rings. The highest BCUT2D eigenvalue weighted by Gasteiger charge is 2.30. The number of ether oxygens (including phenoxy) is 2. The maximum absolute atomic E-state index is 12.1. The molecule has 0 bridgehead atoms. The van der Waals surface area contributed by atoms with Gasteiger partial charge in [0, 0.05) is 30.4 Å². The van der Waals surface area contributed by atoms with Crippen molar-refractivity contribution >= 4 is 35.1 Å². The number of hydrogen-bond donors (Lipinski definition) is 4. The molecule has 11 heteroatoms. The van der Waals surface area contributed by atoms with E-state index < -0.39 is 5.91 Å². The van der Waals surface area contributed by atoms with Gasteiger partial charge in [-0.25, -0.2) is 5.84 Å². The number of hydrazine groups is 1. The molecular weight excluding hydrogens is 426 g/mol. The Morgan fingerprint density at radius 3 is 2.73 bits per heavy atom. The van der Waals surface area contributed by atoms with Crippen LogP contribution in [-0.2, 0) is 9.53 Å². The topological polar surface area (TPSA) is 158 Å². The van der Waals surface area contributed by atoms with Crippen LogP contribution in [0.2, 0.25) is 0 Å². The molecular formula is C22H27N7O4. The van der Waals surface area contributed by atoms with Gasteiger partial charge in [-0.1, -0.05) is 12.1 Å². The van der Waals surface area contributed by atoms with Crippen LogP contribution < -0.4 is 26.9 Å². The van der Waals surface area contributed by atoms with Crippen molar-refractivity contribution in [2.45, 2.75) is 25.3 Å². The van der Waals surface area contributed by atoms with Gasteiger partial charge in [-0.15, -0.1) is 10.2 Å². The zero-order valence-corrected chi connectivity index (χ0v) is 18.3. The number of aromatic nitrogens is 2. The van der Waals surface area contributed by atoms with Crippen molar-refractivity contribution in [3.8, 4) is 5.75 Å². The minimum atomic E-state index is -0.752. The average Bonchev–Trinajstić information content (AvgIpc) is 3.51. The molecule has 0 unspecified atom stereocenters. The van der Waals surface area contributed by atoms with E-state index in [0.29, 0.717) is 30.3 Å². The van der Waals surface area contributed by atoms with E-state index in [1.165, 1.54) is 6.07 Å². The summed E-state index contributed by atoms with van der Waals surface area (Å²) in [6.07, 6.45) is 6.19. The van der Waals surface area contributed by atoms with Gasteiger partial charge in [-0.2, -0.15) is 0 Å². The third-order valence-electron chi connectivity index (χ3n) is 5.50. The predicted octanol–water partition coefficient (Wildman–Crippen LogP) is 1.61. The number of carbonyl (C=O) groups excluding carboxylic acids is 2. The molecule has 1 aliphatic carbocycles. The number of nitrogens with two attached hydrogens (primary N) is 2. The molecule has 2 aliphatic rings. The first-order valence-corrected chi connectivity index (χ1v) is 10.7. The summed E-state index contributed by atoms with van der Waals surface area (Å²) in [4.78, 5) is 24.0. The first-order valence-electron chi connectivity index (χ1n) is 10.7. The van der Waals surface area contributed by atoms with Crippen LogP contribution in [0.15, 0.2) is 30.5 Å². The first-order chi connectivity index (χ1) is 16.0. The Labute approximate surface area is 191 Å². The van der Waals surface area contributed by atoms with E-state index in [2.05, 4.69) is 20.8 Å². The molecule has 33 heavy (non-hydrogen) atoms. The summed E-state index contributed by atoms with van der Waals surface area (Å²) >= 11 is 0. The molecule has 2 aromatic rings. The quantitative estimate of drug-likeness (QED) is 0.327. The number of primary amides is 1. The lowest BCUT2D eigenvalue weighted by molar-refractivity contribution is -0.117. The van der Waals surface area contributed by atoms with Crippen molar-refractivity contribution in [2.75, 3.05) is 31.0 Å². The van der Waals surface area contributed by atoms with Gasteiger partial charge in [0.25, 0.3) is 5.91 Å². The highest BCUT2D eigenvalue weighted by Crippen LogP contribution is 2.34. The summed E-state index contributed by atoms with van der Waals surface area (Å²) < 4.78 is 11.0. The highest BCUT2D eigenvalue weighted by molar-refractivity contribution is 5.99. The molecule has 1 aromatic heterocycles. The molecule has 1 aromatic carbocycles. The maximum atomic E-state index is 12.1. The second-order valence-corrected chi connectivity index (χ2v) is 7.95. The lowest BCUT2D eigenvalue weighted by Gasteiger charge is -2.20. The van der Waals surface area contributed by atoms with Crippen LogP contribution in [0, 0.1) is 5.92 Å². The van der Waals surface area contributed by atoms with E-state index in [9.17, 15) is 9.59 Å². The van der Waals surface area contributed by atoms with Crippen LogP contribution in [0.1, 0.15) is 35.3 Å². The number of carbonyl (C=O) groups is 2. The summed E-state index contributed by atoms with van der Waals surface area (Å²) in [6, 6.07) is 7.14. The third kappa shape index (κ3) is 5.38. The smallest absolute Gasteiger partial charge is 0.271 e. The minimum Gasteiger partial charge on any atom is -0.494 e. The molecule has 6 N–H and O–H groups in total. The number of benzene rings is 1. The van der Waals surface area contributed by atoms with Gasteiger partial charge in [-0.3, -0.25) is 9.59 Å². The van der Waals surface area contributed by atoms with Gasteiger partial charge in [0.15, 0.2) is 11.5 Å². The van der Waals surface area contributed by atoms with Gasteiger partial charge < -0.3 is 30.8 Å². The molecule has 2 heterocycles. The second kappa shape index (κ2) is 9.84. The second-order valence-electron chi connectivity index (χ2n) is 7.95. The molecule has 174 valence electrons. The van der Waals surface area contributed by atoms with E-state index in [1.807, 2.05) is 18.2 Å². The van der Waals surface area contributed by atoms with Crippen molar-refractivity contribution in [3.05, 3.63) is 41.7 Å². The maximum Gasteiger partial charge on any atom is 0.271 e. The Balaban J connectivity index is 1.59. The van der Waals surface area contributed by atoms with Gasteiger partial charge >= 0.3 is 0 Å². The molecule has 11 nitrogen and oxygen atoms in total. The minimum absolute atomic E-state index is 0.000458. The Kier molecular flexibility index (Phi) is 6.71. The SMILES string of the molecule is COc1c(/C=C/N(N)[C@@H]2CCOC2)cccc1Nc1cc(NC(=O)C2CC2)nnc1C(N)=O. The molecule has 0 radical (unpaired) electrons. The molecule has 2 amide bonds. The first kappa shape index (κ1) is 22.5. The summed E-state index contributed by atoms with van der Waals surface area (Å²) in [5, 5.41) is 15.3. The lowest BCUT2D eigenvalue weighted by atomic mass is 10.1. The Morgan fingerprint density at radius 1 is 1.24 bits per heavy atom. The molecule has 1 atom stereocenters. The fraction of sp³-hybridized carbons (Fsp3) is 0.364. The van der Waals surface area contributed by atoms with Crippen LogP contribution >= 0.6 is 0 Å². The predicted molar refractivity (Wildman–Crippen MR) is 122 cm³/mol. The zero-order valence-electron chi connectivity index (χ0n) is 18.3. The van der Waals surface area contributed by atoms with Crippen LogP contribution in [0.3, 0.4) is 0 Å². The van der Waals surface area contributed by atoms with Crippen LogP contribution in [0.5, 0.6) is 5.75 Å². The van der Waals surface area contributed by atoms with Crippen molar-refractivity contribution < 1.29 is 19.1 Å². The third-order valence-corrected chi connectivity index (χ3v) is 5.50. The Bertz CT molecular complexity index is 1060. The van der Waals surface area contributed by atoms with Gasteiger partial charge in [0.2, 0.25) is 5.91 Å². The summed E-state index contributed by atoms with van der Waals surface area (Å²) in [7, 11) is 1.55. The number of nitrogens with zero attached hydrogens (tertiary/aromatic N) is 3. The zero-order chi connectivity index (χ0) is 23.4. The fourth-order valence-corrected chi connectivity index (χ4v) is 3.51. The fourth-order valence-electron chi connectivity index (χ4n) is 3.51. The van der Waals surface area contributed by atoms with Crippen LogP contribution in [0.4, 0.5) is 17.2 Å². The van der Waals surface area contributed by atoms with Crippen molar-refractivity contribution in [3.63, 3.8) is 0 Å². The highest BCUT2D eigenvalue weighted by atomic mass is 16.5. The van der Waals surface area contributed by atoms with E-state index >= 15 is 0 Å². The average molecular weight is 454 g/mol. The van der Waals surface area contributed by atoms with Gasteiger partial charge in [0.05, 0.1) is 31.1 Å². The molecule has 1 aliphatic heterocycles. The number of para-hydroxylation sites is 1. The number of hydrogen-bond acceptors (Lipinski definition) is 9. The van der Waals surface area contributed by atoms with Crippen molar-refractivity contribution in [2.24, 2.45) is 17.5 Å². The number of nitrogens with one attached hydrogen (secondary N) is 2. The van der Waals surface area contributed by atoms with Crippen LogP contribution in [0.25, 0.3) is 6.08 Å². The van der Waals surface area contributed by atoms with E-state index in [-0.39, 0.29) is 29.4 Å². The largest absolute Gasteiger partial charge is 0.494 e. The number of amides is 2. The Hall–Kier alpha value is -3.70. The Morgan fingerprint density at radius 2 is 2.06 bits per heavy atom.